The Morgan fingerprint density at radius 2 is 2.06 bits per heavy atom. The maximum atomic E-state index is 12.4. The van der Waals surface area contributed by atoms with Crippen molar-refractivity contribution in [2.24, 2.45) is 0 Å². The summed E-state index contributed by atoms with van der Waals surface area (Å²) in [6.45, 7) is 6.81. The number of hydrogen-bond acceptors (Lipinski definition) is 3. The lowest BCUT2D eigenvalue weighted by Crippen LogP contribution is -2.48. The molecule has 0 aromatic carbocycles. The molecule has 1 aliphatic heterocycles. The fraction of sp³-hybridized carbons (Fsp3) is 1.00. The molecule has 0 aliphatic carbocycles. The molecule has 1 unspecified atom stereocenters. The van der Waals surface area contributed by atoms with Crippen LogP contribution in [0.4, 0.5) is 0 Å². The highest BCUT2D eigenvalue weighted by Crippen LogP contribution is 2.16. The Morgan fingerprint density at radius 3 is 2.53 bits per heavy atom. The molecule has 1 atom stereocenters. The summed E-state index contributed by atoms with van der Waals surface area (Å²) in [6.07, 6.45) is 2.84. The van der Waals surface area contributed by atoms with Gasteiger partial charge in [0.25, 0.3) is 10.2 Å². The fourth-order valence-electron chi connectivity index (χ4n) is 2.17. The van der Waals surface area contributed by atoms with E-state index in [1.54, 1.807) is 11.4 Å². The summed E-state index contributed by atoms with van der Waals surface area (Å²) in [4.78, 5) is 0. The van der Waals surface area contributed by atoms with Crippen molar-refractivity contribution in [2.45, 2.75) is 39.2 Å². The second-order valence-electron chi connectivity index (χ2n) is 4.53. The third-order valence-corrected chi connectivity index (χ3v) is 5.39. The molecule has 5 nitrogen and oxygen atoms in total. The van der Waals surface area contributed by atoms with Crippen LogP contribution in [0, 0.1) is 0 Å². The van der Waals surface area contributed by atoms with E-state index in [2.05, 4.69) is 12.2 Å². The summed E-state index contributed by atoms with van der Waals surface area (Å²) in [7, 11) is -1.60. The maximum Gasteiger partial charge on any atom is 0.282 e. The van der Waals surface area contributed by atoms with Gasteiger partial charge < -0.3 is 5.32 Å². The molecule has 0 saturated carbocycles. The summed E-state index contributed by atoms with van der Waals surface area (Å²) in [5, 5.41) is 3.22. The molecule has 1 N–H and O–H groups in total. The molecule has 6 heteroatoms. The largest absolute Gasteiger partial charge is 0.315 e. The molecule has 0 spiro atoms. The lowest BCUT2D eigenvalue weighted by atomic mass is 10.3. The van der Waals surface area contributed by atoms with Gasteiger partial charge in [0.15, 0.2) is 0 Å². The van der Waals surface area contributed by atoms with E-state index in [1.165, 1.54) is 4.31 Å². The first kappa shape index (κ1) is 14.9. The van der Waals surface area contributed by atoms with Gasteiger partial charge in [0.05, 0.1) is 0 Å². The van der Waals surface area contributed by atoms with E-state index >= 15 is 0 Å². The SMILES string of the molecule is CCCCN(C)S(=O)(=O)N(CC)C1CCNC1. The van der Waals surface area contributed by atoms with Crippen molar-refractivity contribution in [1.82, 2.24) is 13.9 Å². The topological polar surface area (TPSA) is 52.7 Å². The van der Waals surface area contributed by atoms with Crippen LogP contribution in [0.3, 0.4) is 0 Å². The first-order valence-corrected chi connectivity index (χ1v) is 7.87. The molecular formula is C11H25N3O2S. The number of nitrogens with one attached hydrogen (secondary N) is 1. The first-order valence-electron chi connectivity index (χ1n) is 6.47. The van der Waals surface area contributed by atoms with Crippen molar-refractivity contribution in [3.8, 4) is 0 Å². The van der Waals surface area contributed by atoms with Gasteiger partial charge in [-0.25, -0.2) is 0 Å². The van der Waals surface area contributed by atoms with Crippen LogP contribution in [0.5, 0.6) is 0 Å². The van der Waals surface area contributed by atoms with Gasteiger partial charge >= 0.3 is 0 Å². The van der Waals surface area contributed by atoms with Gasteiger partial charge in [0.1, 0.15) is 0 Å². The third-order valence-electron chi connectivity index (χ3n) is 3.27. The highest BCUT2D eigenvalue weighted by molar-refractivity contribution is 7.86. The average Bonchev–Trinajstić information content (AvgIpc) is 2.79. The van der Waals surface area contributed by atoms with Crippen molar-refractivity contribution in [2.75, 3.05) is 33.2 Å². The van der Waals surface area contributed by atoms with E-state index in [0.717, 1.165) is 32.4 Å². The maximum absolute atomic E-state index is 12.4. The second kappa shape index (κ2) is 6.68. The Kier molecular flexibility index (Phi) is 5.85. The third kappa shape index (κ3) is 3.64. The lowest BCUT2D eigenvalue weighted by Gasteiger charge is -2.30. The summed E-state index contributed by atoms with van der Waals surface area (Å²) < 4.78 is 27.9. The summed E-state index contributed by atoms with van der Waals surface area (Å²) >= 11 is 0. The predicted octanol–water partition coefficient (Wildman–Crippen LogP) is 0.647. The molecule has 0 bridgehead atoms. The van der Waals surface area contributed by atoms with Gasteiger partial charge in [0.2, 0.25) is 0 Å². The van der Waals surface area contributed by atoms with E-state index in [-0.39, 0.29) is 6.04 Å². The Hall–Kier alpha value is -0.170. The van der Waals surface area contributed by atoms with E-state index in [9.17, 15) is 8.42 Å². The number of likely N-dealkylation sites (N-methyl/N-ethyl adjacent to an activating group) is 1. The van der Waals surface area contributed by atoms with Crippen LogP contribution in [0.15, 0.2) is 0 Å². The Bertz CT molecular complexity index is 313. The molecule has 1 rings (SSSR count). The quantitative estimate of drug-likeness (QED) is 0.733. The Balaban J connectivity index is 2.70. The Labute approximate surface area is 105 Å². The van der Waals surface area contributed by atoms with Crippen LogP contribution in [-0.2, 0) is 10.2 Å². The normalized spacial score (nSPS) is 21.6. The monoisotopic (exact) mass is 263 g/mol. The van der Waals surface area contributed by atoms with Crippen LogP contribution in [-0.4, -0.2) is 56.3 Å². The molecule has 0 aromatic heterocycles. The summed E-state index contributed by atoms with van der Waals surface area (Å²) in [6, 6.07) is 0.120. The fourth-order valence-corrected chi connectivity index (χ4v) is 3.77. The highest BCUT2D eigenvalue weighted by Gasteiger charge is 2.33. The van der Waals surface area contributed by atoms with Crippen molar-refractivity contribution >= 4 is 10.2 Å². The zero-order valence-electron chi connectivity index (χ0n) is 11.1. The predicted molar refractivity (Wildman–Crippen MR) is 70.1 cm³/mol. The molecular weight excluding hydrogens is 238 g/mol. The van der Waals surface area contributed by atoms with Crippen molar-refractivity contribution < 1.29 is 8.42 Å². The second-order valence-corrected chi connectivity index (χ2v) is 6.52. The summed E-state index contributed by atoms with van der Waals surface area (Å²) in [5.74, 6) is 0. The Morgan fingerprint density at radius 1 is 1.35 bits per heavy atom. The van der Waals surface area contributed by atoms with Gasteiger partial charge in [-0.15, -0.1) is 0 Å². The molecule has 17 heavy (non-hydrogen) atoms. The molecule has 0 aromatic rings. The molecule has 1 saturated heterocycles. The minimum atomic E-state index is -3.28. The summed E-state index contributed by atoms with van der Waals surface area (Å²) in [5.41, 5.74) is 0. The molecule has 0 radical (unpaired) electrons. The lowest BCUT2D eigenvalue weighted by molar-refractivity contribution is 0.313. The van der Waals surface area contributed by atoms with E-state index in [0.29, 0.717) is 13.1 Å². The van der Waals surface area contributed by atoms with Crippen LogP contribution in [0.2, 0.25) is 0 Å². The zero-order valence-corrected chi connectivity index (χ0v) is 12.0. The van der Waals surface area contributed by atoms with E-state index in [1.807, 2.05) is 6.92 Å². The molecule has 0 amide bonds. The zero-order chi connectivity index (χ0) is 12.9. The van der Waals surface area contributed by atoms with Crippen molar-refractivity contribution in [1.29, 1.82) is 0 Å². The van der Waals surface area contributed by atoms with Gasteiger partial charge in [-0.1, -0.05) is 20.3 Å². The van der Waals surface area contributed by atoms with Gasteiger partial charge in [0, 0.05) is 32.7 Å². The molecule has 1 aliphatic rings. The standard InChI is InChI=1S/C11H25N3O2S/c1-4-6-9-13(3)17(15,16)14(5-2)11-7-8-12-10-11/h11-12H,4-10H2,1-3H3. The van der Waals surface area contributed by atoms with E-state index < -0.39 is 10.2 Å². The number of unbranched alkanes of at least 4 members (excludes halogenated alkanes) is 1. The molecule has 102 valence electrons. The molecule has 1 heterocycles. The first-order chi connectivity index (χ1) is 8.04. The number of nitrogens with zero attached hydrogens (tertiary/aromatic N) is 2. The average molecular weight is 263 g/mol. The van der Waals surface area contributed by atoms with Crippen LogP contribution in [0.1, 0.15) is 33.1 Å². The van der Waals surface area contributed by atoms with Gasteiger partial charge in [-0.05, 0) is 19.4 Å². The minimum Gasteiger partial charge on any atom is -0.315 e. The minimum absolute atomic E-state index is 0.120. The van der Waals surface area contributed by atoms with Crippen LogP contribution < -0.4 is 5.32 Å². The van der Waals surface area contributed by atoms with Crippen molar-refractivity contribution in [3.63, 3.8) is 0 Å². The smallest absolute Gasteiger partial charge is 0.282 e. The van der Waals surface area contributed by atoms with E-state index in [4.69, 9.17) is 0 Å². The van der Waals surface area contributed by atoms with Crippen LogP contribution >= 0.6 is 0 Å². The van der Waals surface area contributed by atoms with Gasteiger partial charge in [-0.2, -0.15) is 17.0 Å². The van der Waals surface area contributed by atoms with Gasteiger partial charge in [-0.3, -0.25) is 0 Å². The number of hydrogen-bond donors (Lipinski definition) is 1. The highest BCUT2D eigenvalue weighted by atomic mass is 32.2. The molecule has 1 fully saturated rings. The van der Waals surface area contributed by atoms with Crippen LogP contribution in [0.25, 0.3) is 0 Å². The number of rotatable bonds is 7. The van der Waals surface area contributed by atoms with Crippen molar-refractivity contribution in [3.05, 3.63) is 0 Å².